The fraction of sp³-hybridized carbons (Fsp3) is 0.632. The Morgan fingerprint density at radius 2 is 1.76 bits per heavy atom. The lowest BCUT2D eigenvalue weighted by molar-refractivity contribution is -0.144. The van der Waals surface area contributed by atoms with E-state index in [4.69, 9.17) is 4.74 Å². The van der Waals surface area contributed by atoms with E-state index < -0.39 is 23.5 Å². The fourth-order valence-corrected chi connectivity index (χ4v) is 10.0. The molecule has 13 heteroatoms. The number of hydrogen-bond acceptors (Lipinski definition) is 8. The molecule has 4 aliphatic carbocycles. The smallest absolute Gasteiger partial charge is 0.306 e. The first-order chi connectivity index (χ1) is 24.5. The molecule has 2 unspecified atom stereocenters. The zero-order valence-electron chi connectivity index (χ0n) is 29.1. The highest BCUT2D eigenvalue weighted by molar-refractivity contribution is 5.95. The van der Waals surface area contributed by atoms with Crippen molar-refractivity contribution in [1.29, 1.82) is 0 Å². The molecule has 4 fully saturated rings. The largest absolute Gasteiger partial charge is 0.490 e. The zero-order valence-corrected chi connectivity index (χ0v) is 29.1. The number of aromatic nitrogens is 5. The minimum atomic E-state index is -3.38. The van der Waals surface area contributed by atoms with Crippen LogP contribution in [0.15, 0.2) is 36.8 Å². The molecule has 4 saturated carbocycles. The van der Waals surface area contributed by atoms with Gasteiger partial charge in [0.1, 0.15) is 11.4 Å². The molecule has 2 N–H and O–H groups in total. The number of carbonyl (C=O) groups is 2. The van der Waals surface area contributed by atoms with Crippen molar-refractivity contribution in [2.45, 2.75) is 126 Å². The average Bonchev–Trinajstić information content (AvgIpc) is 3.75. The molecule has 0 saturated heterocycles. The van der Waals surface area contributed by atoms with E-state index in [0.717, 1.165) is 88.1 Å². The molecular formula is C38H47F2N7O4. The van der Waals surface area contributed by atoms with Gasteiger partial charge < -0.3 is 20.1 Å². The first kappa shape index (κ1) is 34.0. The number of fused-ring (bicyclic) bond motifs is 4. The third-order valence-corrected chi connectivity index (χ3v) is 12.4. The summed E-state index contributed by atoms with van der Waals surface area (Å²) >= 11 is 0. The van der Waals surface area contributed by atoms with Crippen LogP contribution in [0.5, 0.6) is 5.75 Å². The molecule has 51 heavy (non-hydrogen) atoms. The summed E-state index contributed by atoms with van der Waals surface area (Å²) in [7, 11) is 0. The summed E-state index contributed by atoms with van der Waals surface area (Å²) in [5.41, 5.74) is 1.08. The average molecular weight is 704 g/mol. The van der Waals surface area contributed by atoms with Crippen LogP contribution in [0, 0.1) is 17.8 Å². The summed E-state index contributed by atoms with van der Waals surface area (Å²) in [6.07, 6.45) is 17.5. The second-order valence-electron chi connectivity index (χ2n) is 16.0. The number of anilines is 2. The number of amides is 1. The first-order valence-corrected chi connectivity index (χ1v) is 18.8. The van der Waals surface area contributed by atoms with Crippen LogP contribution in [0.1, 0.15) is 124 Å². The Morgan fingerprint density at radius 3 is 2.43 bits per heavy atom. The molecule has 5 aliphatic rings. The van der Waals surface area contributed by atoms with Crippen molar-refractivity contribution in [3.05, 3.63) is 53.6 Å². The van der Waals surface area contributed by atoms with Crippen molar-refractivity contribution in [3.8, 4) is 5.75 Å². The monoisotopic (exact) mass is 703 g/mol. The number of nitrogens with one attached hydrogen (secondary N) is 1. The minimum Gasteiger partial charge on any atom is -0.490 e. The number of hydrogen-bond donors (Lipinski definition) is 2. The van der Waals surface area contributed by atoms with E-state index in [1.165, 1.54) is 6.20 Å². The van der Waals surface area contributed by atoms with Crippen molar-refractivity contribution >= 4 is 23.5 Å². The van der Waals surface area contributed by atoms with Crippen LogP contribution < -0.4 is 15.0 Å². The van der Waals surface area contributed by atoms with Gasteiger partial charge in [0.2, 0.25) is 5.95 Å². The molecule has 3 heterocycles. The van der Waals surface area contributed by atoms with Crippen LogP contribution in [-0.2, 0) is 16.1 Å². The third-order valence-electron chi connectivity index (χ3n) is 12.4. The van der Waals surface area contributed by atoms with Crippen LogP contribution in [0.25, 0.3) is 0 Å². The zero-order chi connectivity index (χ0) is 35.3. The third kappa shape index (κ3) is 6.80. The van der Waals surface area contributed by atoms with Crippen LogP contribution >= 0.6 is 0 Å². The van der Waals surface area contributed by atoms with E-state index in [9.17, 15) is 14.7 Å². The number of carboxylic acid groups (broad SMARTS) is 1. The van der Waals surface area contributed by atoms with Crippen LogP contribution in [0.3, 0.4) is 0 Å². The number of halogens is 2. The highest BCUT2D eigenvalue weighted by Crippen LogP contribution is 2.52. The van der Waals surface area contributed by atoms with Crippen LogP contribution in [0.4, 0.5) is 20.4 Å². The number of benzene rings is 1. The van der Waals surface area contributed by atoms with E-state index in [-0.39, 0.29) is 46.8 Å². The minimum absolute atomic E-state index is 0.105. The first-order valence-electron chi connectivity index (χ1n) is 18.8. The molecule has 3 aromatic rings. The van der Waals surface area contributed by atoms with Gasteiger partial charge in [-0.3, -0.25) is 9.59 Å². The van der Waals surface area contributed by atoms with Gasteiger partial charge in [-0.2, -0.15) is 8.78 Å². The van der Waals surface area contributed by atoms with Gasteiger partial charge in [-0.25, -0.2) is 14.6 Å². The normalized spacial score (nSPS) is 28.6. The number of nitrogens with zero attached hydrogens (tertiary/aromatic N) is 6. The maximum atomic E-state index is 15.3. The summed E-state index contributed by atoms with van der Waals surface area (Å²) in [6.45, 7) is 1.35. The lowest BCUT2D eigenvalue weighted by Crippen LogP contribution is -2.44. The van der Waals surface area contributed by atoms with Crippen molar-refractivity contribution in [3.63, 3.8) is 0 Å². The lowest BCUT2D eigenvalue weighted by Gasteiger charge is -2.41. The molecule has 1 aliphatic heterocycles. The number of alkyl halides is 2. The molecule has 1 aromatic carbocycles. The van der Waals surface area contributed by atoms with Crippen LogP contribution in [-0.4, -0.2) is 60.6 Å². The van der Waals surface area contributed by atoms with E-state index in [2.05, 4.69) is 31.7 Å². The molecule has 0 radical (unpaired) electrons. The predicted octanol–water partition coefficient (Wildman–Crippen LogP) is 7.11. The van der Waals surface area contributed by atoms with Gasteiger partial charge in [0.25, 0.3) is 11.8 Å². The van der Waals surface area contributed by atoms with Gasteiger partial charge in [-0.1, -0.05) is 24.5 Å². The summed E-state index contributed by atoms with van der Waals surface area (Å²) in [4.78, 5) is 36.1. The van der Waals surface area contributed by atoms with E-state index >= 15 is 8.78 Å². The Morgan fingerprint density at radius 1 is 1.02 bits per heavy atom. The van der Waals surface area contributed by atoms with E-state index in [0.29, 0.717) is 38.3 Å². The quantitative estimate of drug-likeness (QED) is 0.252. The van der Waals surface area contributed by atoms with Gasteiger partial charge in [0.15, 0.2) is 0 Å². The number of aliphatic carboxylic acids is 1. The maximum absolute atomic E-state index is 15.3. The van der Waals surface area contributed by atoms with E-state index in [1.807, 2.05) is 27.9 Å². The summed E-state index contributed by atoms with van der Waals surface area (Å²) in [5.74, 6) is -3.72. The Balaban J connectivity index is 1.02. The number of rotatable bonds is 8. The molecular weight excluding hydrogens is 656 g/mol. The number of ether oxygens (including phenoxy) is 1. The molecule has 272 valence electrons. The topological polar surface area (TPSA) is 135 Å². The summed E-state index contributed by atoms with van der Waals surface area (Å²) in [6, 6.07) is 6.26. The van der Waals surface area contributed by atoms with E-state index in [1.54, 1.807) is 6.20 Å². The van der Waals surface area contributed by atoms with Crippen molar-refractivity contribution < 1.29 is 28.2 Å². The van der Waals surface area contributed by atoms with Gasteiger partial charge in [0.05, 0.1) is 29.8 Å². The fourth-order valence-electron chi connectivity index (χ4n) is 10.0. The Hall–Kier alpha value is -4.16. The van der Waals surface area contributed by atoms with Gasteiger partial charge in [-0.15, -0.1) is 5.10 Å². The molecule has 1 amide bonds. The second kappa shape index (κ2) is 13.4. The SMILES string of the molecule is CC(F)(F)c1nc(N2CC3(CCCCC3)c3cc(O[C@H]4CC[C@H](n5ccnn5)CC4)ccc32)ncc1C(=O)NC1CC2CC(C1)CC(C(=O)O)C2. The second-order valence-corrected chi connectivity index (χ2v) is 16.0. The van der Waals surface area contributed by atoms with Crippen LogP contribution in [0.2, 0.25) is 0 Å². The highest BCUT2D eigenvalue weighted by atomic mass is 19.3. The summed E-state index contributed by atoms with van der Waals surface area (Å²) < 4.78 is 39.1. The number of carboxylic acids is 1. The van der Waals surface area contributed by atoms with Crippen molar-refractivity contribution in [2.24, 2.45) is 17.8 Å². The lowest BCUT2D eigenvalue weighted by atomic mass is 9.66. The van der Waals surface area contributed by atoms with Crippen molar-refractivity contribution in [2.75, 3.05) is 11.4 Å². The van der Waals surface area contributed by atoms with Crippen molar-refractivity contribution in [1.82, 2.24) is 30.3 Å². The molecule has 11 nitrogen and oxygen atoms in total. The molecule has 2 atom stereocenters. The Labute approximate surface area is 296 Å². The predicted molar refractivity (Wildman–Crippen MR) is 184 cm³/mol. The van der Waals surface area contributed by atoms with Gasteiger partial charge in [0, 0.05) is 43.0 Å². The Kier molecular flexibility index (Phi) is 8.94. The molecule has 2 bridgehead atoms. The van der Waals surface area contributed by atoms with Gasteiger partial charge >= 0.3 is 5.97 Å². The highest BCUT2D eigenvalue weighted by Gasteiger charge is 2.46. The summed E-state index contributed by atoms with van der Waals surface area (Å²) in [5, 5.41) is 20.6. The molecule has 2 aromatic heterocycles. The standard InChI is InChI=1S/C38H47F2N7O4/c1-37(39,40)33-30(34(48)43-26-18-23-15-24(19-26)17-25(16-23)35(49)50)21-41-36(44-33)46-22-38(11-3-2-4-12-38)31-20-29(9-10-32(31)46)51-28-7-5-27(6-8-28)47-14-13-42-45-47/h9-10,13-14,20-21,23-28H,2-8,11-12,15-19,22H2,1H3,(H,43,48)(H,49,50)/t23?,24?,25?,26?,27-,28-. The Bertz CT molecular complexity index is 1740. The molecule has 8 rings (SSSR count). The van der Waals surface area contributed by atoms with Gasteiger partial charge in [-0.05, 0) is 106 Å². The maximum Gasteiger partial charge on any atom is 0.306 e. The number of carbonyl (C=O) groups excluding carboxylic acids is 1. The molecule has 1 spiro atoms.